The van der Waals surface area contributed by atoms with Crippen molar-refractivity contribution in [3.63, 3.8) is 0 Å². The molecule has 0 atom stereocenters. The number of ether oxygens (including phenoxy) is 1. The van der Waals surface area contributed by atoms with Gasteiger partial charge >= 0.3 is 0 Å². The molecule has 4 heteroatoms. The minimum atomic E-state index is 0.553. The summed E-state index contributed by atoms with van der Waals surface area (Å²) in [6, 6.07) is 25.9. The lowest BCUT2D eigenvalue weighted by Crippen LogP contribution is -1.98. The van der Waals surface area contributed by atoms with Gasteiger partial charge in [-0.3, -0.25) is 0 Å². The third-order valence-electron chi connectivity index (χ3n) is 4.38. The van der Waals surface area contributed by atoms with Crippen LogP contribution in [0.5, 0.6) is 5.75 Å². The fraction of sp³-hybridized carbons (Fsp3) is 0.0870. The second kappa shape index (κ2) is 7.68. The predicted octanol–water partition coefficient (Wildman–Crippen LogP) is 6.52. The van der Waals surface area contributed by atoms with Crippen LogP contribution in [0.15, 0.2) is 78.9 Å². The van der Waals surface area contributed by atoms with Crippen molar-refractivity contribution >= 4 is 34.0 Å². The lowest BCUT2D eigenvalue weighted by Gasteiger charge is -2.12. The molecule has 1 heterocycles. The third-order valence-corrected chi connectivity index (χ3v) is 4.68. The average molecular weight is 375 g/mol. The number of hydrogen-bond donors (Lipinski definition) is 1. The van der Waals surface area contributed by atoms with Crippen molar-refractivity contribution in [2.45, 2.75) is 13.5 Å². The molecule has 134 valence electrons. The van der Waals surface area contributed by atoms with Gasteiger partial charge in [0.2, 0.25) is 0 Å². The van der Waals surface area contributed by atoms with Crippen LogP contribution in [0, 0.1) is 6.92 Å². The van der Waals surface area contributed by atoms with Gasteiger partial charge in [-0.2, -0.15) is 0 Å². The van der Waals surface area contributed by atoms with Crippen LogP contribution in [0.1, 0.15) is 11.1 Å². The highest BCUT2D eigenvalue weighted by atomic mass is 35.5. The number of nitrogens with one attached hydrogen (secondary N) is 1. The smallest absolute Gasteiger partial charge is 0.131 e. The summed E-state index contributed by atoms with van der Waals surface area (Å²) in [5, 5.41) is 5.04. The molecule has 4 aromatic rings. The highest BCUT2D eigenvalue weighted by Crippen LogP contribution is 2.27. The summed E-state index contributed by atoms with van der Waals surface area (Å²) in [5.74, 6) is 1.60. The van der Waals surface area contributed by atoms with E-state index >= 15 is 0 Å². The molecule has 1 N–H and O–H groups in total. The molecule has 1 aromatic heterocycles. The normalized spacial score (nSPS) is 10.7. The van der Waals surface area contributed by atoms with Gasteiger partial charge in [0.15, 0.2) is 0 Å². The van der Waals surface area contributed by atoms with E-state index in [0.717, 1.165) is 39.3 Å². The van der Waals surface area contributed by atoms with Crippen molar-refractivity contribution in [3.8, 4) is 5.75 Å². The first kappa shape index (κ1) is 17.4. The second-order valence-corrected chi connectivity index (χ2v) is 6.79. The standard InChI is InChI=1S/C23H19ClN2O/c1-16-14-19(27-15-17-6-3-2-4-7-17)11-12-21(16)25-22-13-10-18-8-5-9-20(24)23(18)26-22/h2-14H,15H2,1H3,(H,25,26). The maximum absolute atomic E-state index is 6.26. The number of rotatable bonds is 5. The van der Waals surface area contributed by atoms with Crippen molar-refractivity contribution in [3.05, 3.63) is 95.0 Å². The van der Waals surface area contributed by atoms with Gasteiger partial charge in [-0.1, -0.05) is 54.1 Å². The molecular formula is C23H19ClN2O. The fourth-order valence-corrected chi connectivity index (χ4v) is 3.15. The SMILES string of the molecule is Cc1cc(OCc2ccccc2)ccc1Nc1ccc2cccc(Cl)c2n1. The number of nitrogens with zero attached hydrogens (tertiary/aromatic N) is 1. The molecule has 0 aliphatic rings. The Morgan fingerprint density at radius 2 is 1.78 bits per heavy atom. The Balaban J connectivity index is 1.50. The molecule has 4 rings (SSSR count). The zero-order valence-electron chi connectivity index (χ0n) is 14.9. The van der Waals surface area contributed by atoms with Gasteiger partial charge in [0, 0.05) is 11.1 Å². The number of benzene rings is 3. The van der Waals surface area contributed by atoms with E-state index in [4.69, 9.17) is 16.3 Å². The Morgan fingerprint density at radius 1 is 0.926 bits per heavy atom. The molecular weight excluding hydrogens is 356 g/mol. The summed E-state index contributed by atoms with van der Waals surface area (Å²) < 4.78 is 5.89. The molecule has 0 amide bonds. The van der Waals surface area contributed by atoms with Crippen molar-refractivity contribution < 1.29 is 4.74 Å². The summed E-state index contributed by atoms with van der Waals surface area (Å²) >= 11 is 6.26. The van der Waals surface area contributed by atoms with Crippen molar-refractivity contribution in [2.75, 3.05) is 5.32 Å². The van der Waals surface area contributed by atoms with Gasteiger partial charge in [0.05, 0.1) is 10.5 Å². The van der Waals surface area contributed by atoms with E-state index in [0.29, 0.717) is 11.6 Å². The molecule has 0 spiro atoms. The fourth-order valence-electron chi connectivity index (χ4n) is 2.93. The molecule has 0 saturated carbocycles. The van der Waals surface area contributed by atoms with Crippen molar-refractivity contribution in [1.29, 1.82) is 0 Å². The van der Waals surface area contributed by atoms with E-state index in [2.05, 4.69) is 22.4 Å². The van der Waals surface area contributed by atoms with Gasteiger partial charge in [-0.05, 0) is 54.4 Å². The lowest BCUT2D eigenvalue weighted by molar-refractivity contribution is 0.306. The molecule has 0 unspecified atom stereocenters. The Hall–Kier alpha value is -3.04. The Bertz CT molecular complexity index is 1080. The van der Waals surface area contributed by atoms with Crippen LogP contribution < -0.4 is 10.1 Å². The Kier molecular flexibility index (Phi) is 4.95. The highest BCUT2D eigenvalue weighted by Gasteiger charge is 2.06. The van der Waals surface area contributed by atoms with Gasteiger partial charge in [0.1, 0.15) is 18.2 Å². The second-order valence-electron chi connectivity index (χ2n) is 6.38. The Labute approximate surface area is 163 Å². The number of hydrogen-bond acceptors (Lipinski definition) is 3. The number of aryl methyl sites for hydroxylation is 1. The van der Waals surface area contributed by atoms with E-state index < -0.39 is 0 Å². The number of anilines is 2. The van der Waals surface area contributed by atoms with Crippen molar-refractivity contribution in [1.82, 2.24) is 4.98 Å². The molecule has 3 aromatic carbocycles. The van der Waals surface area contributed by atoms with E-state index in [1.165, 1.54) is 0 Å². The summed E-state index contributed by atoms with van der Waals surface area (Å²) in [7, 11) is 0. The molecule has 27 heavy (non-hydrogen) atoms. The monoisotopic (exact) mass is 374 g/mol. The van der Waals surface area contributed by atoms with Crippen molar-refractivity contribution in [2.24, 2.45) is 0 Å². The minimum Gasteiger partial charge on any atom is -0.489 e. The number of aromatic nitrogens is 1. The third kappa shape index (κ3) is 4.04. The zero-order valence-corrected chi connectivity index (χ0v) is 15.7. The molecule has 0 saturated heterocycles. The van der Waals surface area contributed by atoms with E-state index in [1.54, 1.807) is 0 Å². The van der Waals surface area contributed by atoms with Crippen LogP contribution in [0.2, 0.25) is 5.02 Å². The van der Waals surface area contributed by atoms with Gasteiger partial charge in [-0.25, -0.2) is 4.98 Å². The van der Waals surface area contributed by atoms with Crippen LogP contribution in [0.25, 0.3) is 10.9 Å². The molecule has 0 bridgehead atoms. The molecule has 0 radical (unpaired) electrons. The van der Waals surface area contributed by atoms with Crippen LogP contribution in [-0.2, 0) is 6.61 Å². The largest absolute Gasteiger partial charge is 0.489 e. The molecule has 0 fully saturated rings. The van der Waals surface area contributed by atoms with E-state index in [1.807, 2.05) is 73.7 Å². The zero-order chi connectivity index (χ0) is 18.6. The first-order valence-corrected chi connectivity index (χ1v) is 9.16. The first-order valence-electron chi connectivity index (χ1n) is 8.79. The number of pyridine rings is 1. The predicted molar refractivity (Wildman–Crippen MR) is 112 cm³/mol. The average Bonchev–Trinajstić information content (AvgIpc) is 2.70. The number of para-hydroxylation sites is 1. The minimum absolute atomic E-state index is 0.553. The van der Waals surface area contributed by atoms with Crippen LogP contribution in [0.4, 0.5) is 11.5 Å². The van der Waals surface area contributed by atoms with Crippen LogP contribution in [-0.4, -0.2) is 4.98 Å². The summed E-state index contributed by atoms with van der Waals surface area (Å²) in [6.07, 6.45) is 0. The van der Waals surface area contributed by atoms with E-state index in [-0.39, 0.29) is 0 Å². The quantitative estimate of drug-likeness (QED) is 0.431. The number of fused-ring (bicyclic) bond motifs is 1. The van der Waals surface area contributed by atoms with E-state index in [9.17, 15) is 0 Å². The molecule has 3 nitrogen and oxygen atoms in total. The highest BCUT2D eigenvalue weighted by molar-refractivity contribution is 6.35. The van der Waals surface area contributed by atoms with Gasteiger partial charge < -0.3 is 10.1 Å². The topological polar surface area (TPSA) is 34.1 Å². The summed E-state index contributed by atoms with van der Waals surface area (Å²) in [4.78, 5) is 4.64. The molecule has 0 aliphatic heterocycles. The lowest BCUT2D eigenvalue weighted by atomic mass is 10.2. The summed E-state index contributed by atoms with van der Waals surface area (Å²) in [6.45, 7) is 2.60. The van der Waals surface area contributed by atoms with Crippen LogP contribution in [0.3, 0.4) is 0 Å². The number of halogens is 1. The van der Waals surface area contributed by atoms with Gasteiger partial charge in [-0.15, -0.1) is 0 Å². The van der Waals surface area contributed by atoms with Gasteiger partial charge in [0.25, 0.3) is 0 Å². The maximum atomic E-state index is 6.26. The van der Waals surface area contributed by atoms with Crippen LogP contribution >= 0.6 is 11.6 Å². The summed E-state index contributed by atoms with van der Waals surface area (Å²) in [5.41, 5.74) is 4.02. The Morgan fingerprint density at radius 3 is 2.59 bits per heavy atom. The first-order chi connectivity index (χ1) is 13.2. The maximum Gasteiger partial charge on any atom is 0.131 e. The molecule has 0 aliphatic carbocycles.